The Bertz CT molecular complexity index is 800. The summed E-state index contributed by atoms with van der Waals surface area (Å²) >= 11 is 0. The summed E-state index contributed by atoms with van der Waals surface area (Å²) in [4.78, 5) is 24.8. The van der Waals surface area contributed by atoms with Gasteiger partial charge in [0, 0.05) is 44.0 Å². The van der Waals surface area contributed by atoms with Gasteiger partial charge in [-0.15, -0.1) is 0 Å². The fourth-order valence-electron chi connectivity index (χ4n) is 4.74. The zero-order valence-corrected chi connectivity index (χ0v) is 17.2. The summed E-state index contributed by atoms with van der Waals surface area (Å²) in [7, 11) is 0. The van der Waals surface area contributed by atoms with Crippen LogP contribution in [0.25, 0.3) is 11.0 Å². The van der Waals surface area contributed by atoms with Crippen LogP contribution in [0.15, 0.2) is 24.5 Å². The van der Waals surface area contributed by atoms with Gasteiger partial charge in [0.2, 0.25) is 0 Å². The first kappa shape index (κ1) is 19.2. The SMILES string of the molecule is CC(C)(CNC(=O)N1CCC(c2c[nH]c3ncccc23)CC1)CN1CCCC1. The van der Waals surface area contributed by atoms with Crippen LogP contribution < -0.4 is 5.32 Å². The zero-order valence-electron chi connectivity index (χ0n) is 17.2. The fourth-order valence-corrected chi connectivity index (χ4v) is 4.74. The molecule has 2 aliphatic rings. The maximum absolute atomic E-state index is 12.7. The van der Waals surface area contributed by atoms with Crippen LogP contribution in [-0.4, -0.2) is 65.1 Å². The van der Waals surface area contributed by atoms with Crippen molar-refractivity contribution in [1.29, 1.82) is 0 Å². The van der Waals surface area contributed by atoms with Gasteiger partial charge < -0.3 is 20.1 Å². The van der Waals surface area contributed by atoms with Crippen molar-refractivity contribution in [3.8, 4) is 0 Å². The highest BCUT2D eigenvalue weighted by molar-refractivity contribution is 5.80. The van der Waals surface area contributed by atoms with E-state index >= 15 is 0 Å². The van der Waals surface area contributed by atoms with Gasteiger partial charge in [-0.05, 0) is 67.8 Å². The van der Waals surface area contributed by atoms with Gasteiger partial charge in [-0.1, -0.05) is 13.8 Å². The molecule has 2 fully saturated rings. The van der Waals surface area contributed by atoms with E-state index in [0.29, 0.717) is 5.92 Å². The molecule has 6 nitrogen and oxygen atoms in total. The number of H-pyrrole nitrogens is 1. The highest BCUT2D eigenvalue weighted by Gasteiger charge is 2.28. The van der Waals surface area contributed by atoms with Crippen LogP contribution in [0.5, 0.6) is 0 Å². The number of rotatable bonds is 5. The van der Waals surface area contributed by atoms with Crippen molar-refractivity contribution in [2.24, 2.45) is 5.41 Å². The molecule has 0 saturated carbocycles. The first-order valence-electron chi connectivity index (χ1n) is 10.7. The molecule has 0 unspecified atom stereocenters. The topological polar surface area (TPSA) is 64.3 Å². The van der Waals surface area contributed by atoms with E-state index in [-0.39, 0.29) is 11.4 Å². The Kier molecular flexibility index (Phi) is 5.58. The number of pyridine rings is 1. The van der Waals surface area contributed by atoms with E-state index in [1.165, 1.54) is 36.9 Å². The third-order valence-corrected chi connectivity index (χ3v) is 6.27. The Hall–Kier alpha value is -2.08. The number of nitrogens with one attached hydrogen (secondary N) is 2. The van der Waals surface area contributed by atoms with Crippen molar-refractivity contribution < 1.29 is 4.79 Å². The molecule has 0 aliphatic carbocycles. The molecule has 2 aromatic rings. The van der Waals surface area contributed by atoms with Crippen molar-refractivity contribution in [3.05, 3.63) is 30.1 Å². The van der Waals surface area contributed by atoms with Crippen molar-refractivity contribution >= 4 is 17.1 Å². The lowest BCUT2D eigenvalue weighted by Crippen LogP contribution is -2.48. The van der Waals surface area contributed by atoms with Gasteiger partial charge in [-0.3, -0.25) is 0 Å². The van der Waals surface area contributed by atoms with Gasteiger partial charge in [-0.2, -0.15) is 0 Å². The summed E-state index contributed by atoms with van der Waals surface area (Å²) in [5.41, 5.74) is 2.41. The van der Waals surface area contributed by atoms with Crippen LogP contribution in [0, 0.1) is 5.41 Å². The number of hydrogen-bond donors (Lipinski definition) is 2. The van der Waals surface area contributed by atoms with E-state index in [2.05, 4.69) is 46.3 Å². The average molecular weight is 384 g/mol. The minimum absolute atomic E-state index is 0.0912. The van der Waals surface area contributed by atoms with Crippen LogP contribution in [0.2, 0.25) is 0 Å². The average Bonchev–Trinajstić information content (AvgIpc) is 3.35. The number of fused-ring (bicyclic) bond motifs is 1. The molecule has 0 radical (unpaired) electrons. The first-order valence-corrected chi connectivity index (χ1v) is 10.7. The first-order chi connectivity index (χ1) is 13.5. The second kappa shape index (κ2) is 8.11. The van der Waals surface area contributed by atoms with E-state index in [0.717, 1.165) is 44.7 Å². The lowest BCUT2D eigenvalue weighted by atomic mass is 9.89. The summed E-state index contributed by atoms with van der Waals surface area (Å²) in [6.07, 6.45) is 8.55. The predicted molar refractivity (Wildman–Crippen MR) is 112 cm³/mol. The number of hydrogen-bond acceptors (Lipinski definition) is 3. The Balaban J connectivity index is 1.27. The lowest BCUT2D eigenvalue weighted by Gasteiger charge is -2.34. The third kappa shape index (κ3) is 4.32. The number of aromatic nitrogens is 2. The quantitative estimate of drug-likeness (QED) is 0.830. The molecular formula is C22H33N5O. The van der Waals surface area contributed by atoms with Crippen molar-refractivity contribution in [2.45, 2.75) is 45.4 Å². The maximum atomic E-state index is 12.7. The van der Waals surface area contributed by atoms with E-state index in [4.69, 9.17) is 0 Å². The summed E-state index contributed by atoms with van der Waals surface area (Å²) in [5, 5.41) is 4.41. The third-order valence-electron chi connectivity index (χ3n) is 6.27. The molecule has 0 spiro atoms. The highest BCUT2D eigenvalue weighted by atomic mass is 16.2. The number of aromatic amines is 1. The van der Waals surface area contributed by atoms with E-state index in [1.807, 2.05) is 17.2 Å². The molecule has 0 atom stereocenters. The molecule has 2 aromatic heterocycles. The van der Waals surface area contributed by atoms with Gasteiger partial charge in [0.15, 0.2) is 0 Å². The predicted octanol–water partition coefficient (Wildman–Crippen LogP) is 3.57. The number of carbonyl (C=O) groups excluding carboxylic acids is 1. The lowest BCUT2D eigenvalue weighted by molar-refractivity contribution is 0.167. The summed E-state index contributed by atoms with van der Waals surface area (Å²) < 4.78 is 0. The molecule has 2 N–H and O–H groups in total. The van der Waals surface area contributed by atoms with Crippen LogP contribution in [0.4, 0.5) is 4.79 Å². The highest BCUT2D eigenvalue weighted by Crippen LogP contribution is 2.32. The summed E-state index contributed by atoms with van der Waals surface area (Å²) in [6, 6.07) is 4.22. The largest absolute Gasteiger partial charge is 0.346 e. The molecule has 28 heavy (non-hydrogen) atoms. The number of piperidine rings is 1. The van der Waals surface area contributed by atoms with Crippen LogP contribution in [-0.2, 0) is 0 Å². The second-order valence-corrected chi connectivity index (χ2v) is 9.21. The molecule has 6 heteroatoms. The van der Waals surface area contributed by atoms with Crippen molar-refractivity contribution in [3.63, 3.8) is 0 Å². The minimum atomic E-state index is 0.0912. The Morgan fingerprint density at radius 2 is 2.00 bits per heavy atom. The molecule has 4 rings (SSSR count). The molecule has 2 saturated heterocycles. The van der Waals surface area contributed by atoms with Gasteiger partial charge in [0.25, 0.3) is 0 Å². The van der Waals surface area contributed by atoms with Crippen LogP contribution in [0.1, 0.15) is 51.0 Å². The van der Waals surface area contributed by atoms with E-state index < -0.39 is 0 Å². The van der Waals surface area contributed by atoms with Gasteiger partial charge in [-0.25, -0.2) is 9.78 Å². The molecule has 2 amide bonds. The summed E-state index contributed by atoms with van der Waals surface area (Å²) in [5.74, 6) is 0.494. The zero-order chi connectivity index (χ0) is 19.6. The minimum Gasteiger partial charge on any atom is -0.346 e. The van der Waals surface area contributed by atoms with E-state index in [1.54, 1.807) is 0 Å². The van der Waals surface area contributed by atoms with Crippen LogP contribution in [0.3, 0.4) is 0 Å². The summed E-state index contributed by atoms with van der Waals surface area (Å²) in [6.45, 7) is 10.3. The van der Waals surface area contributed by atoms with Crippen LogP contribution >= 0.6 is 0 Å². The Morgan fingerprint density at radius 3 is 2.75 bits per heavy atom. The number of carbonyl (C=O) groups is 1. The number of amides is 2. The number of nitrogens with zero attached hydrogens (tertiary/aromatic N) is 3. The molecule has 2 aliphatic heterocycles. The monoisotopic (exact) mass is 383 g/mol. The molecule has 4 heterocycles. The standard InChI is InChI=1S/C22H33N5O/c1-22(2,16-26-10-3-4-11-26)15-25-21(28)27-12-7-17(8-13-27)19-14-24-20-18(19)6-5-9-23-20/h5-6,9,14,17H,3-4,7-8,10-13,15-16H2,1-2H3,(H,23,24)(H,25,28). The number of urea groups is 1. The Labute approximate surface area is 167 Å². The van der Waals surface area contributed by atoms with Gasteiger partial charge in [0.05, 0.1) is 0 Å². The fraction of sp³-hybridized carbons (Fsp3) is 0.636. The normalized spacial score (nSPS) is 19.4. The molecular weight excluding hydrogens is 350 g/mol. The van der Waals surface area contributed by atoms with Gasteiger partial charge in [0.1, 0.15) is 5.65 Å². The number of likely N-dealkylation sites (tertiary alicyclic amines) is 2. The van der Waals surface area contributed by atoms with Gasteiger partial charge >= 0.3 is 6.03 Å². The van der Waals surface area contributed by atoms with E-state index in [9.17, 15) is 4.79 Å². The second-order valence-electron chi connectivity index (χ2n) is 9.21. The smallest absolute Gasteiger partial charge is 0.317 e. The molecule has 0 aromatic carbocycles. The van der Waals surface area contributed by atoms with Crippen molar-refractivity contribution in [1.82, 2.24) is 25.1 Å². The Morgan fingerprint density at radius 1 is 1.25 bits per heavy atom. The molecule has 0 bridgehead atoms. The van der Waals surface area contributed by atoms with Crippen molar-refractivity contribution in [2.75, 3.05) is 39.3 Å². The molecule has 152 valence electrons. The maximum Gasteiger partial charge on any atom is 0.317 e.